The molecule has 0 saturated carbocycles. The van der Waals surface area contributed by atoms with Gasteiger partial charge in [0.2, 0.25) is 0 Å². The Labute approximate surface area is 164 Å². The minimum atomic E-state index is -0.514. The molecule has 0 amide bonds. The van der Waals surface area contributed by atoms with Crippen LogP contribution >= 0.6 is 0 Å². The lowest BCUT2D eigenvalue weighted by Gasteiger charge is -2.51. The third-order valence-corrected chi connectivity index (χ3v) is 7.03. The Bertz CT molecular complexity index is 848. The van der Waals surface area contributed by atoms with Crippen LogP contribution in [0.3, 0.4) is 0 Å². The fourth-order valence-electron chi connectivity index (χ4n) is 5.74. The molecular weight excluding hydrogens is 358 g/mol. The van der Waals surface area contributed by atoms with E-state index in [1.54, 1.807) is 13.2 Å². The van der Waals surface area contributed by atoms with Gasteiger partial charge in [-0.3, -0.25) is 9.80 Å². The summed E-state index contributed by atoms with van der Waals surface area (Å²) >= 11 is 0. The Morgan fingerprint density at radius 2 is 1.75 bits per heavy atom. The van der Waals surface area contributed by atoms with Crippen molar-refractivity contribution in [2.45, 2.75) is 37.4 Å². The number of halogens is 2. The van der Waals surface area contributed by atoms with Gasteiger partial charge < -0.3 is 4.74 Å². The molecule has 2 aromatic carbocycles. The number of fused-ring (bicyclic) bond motifs is 2. The molecule has 5 heteroatoms. The number of benzene rings is 2. The second-order valence-electron chi connectivity index (χ2n) is 8.40. The predicted molar refractivity (Wildman–Crippen MR) is 104 cm³/mol. The Kier molecular flexibility index (Phi) is 4.60. The zero-order valence-corrected chi connectivity index (χ0v) is 16.2. The maximum Gasteiger partial charge on any atom is 0.130 e. The number of rotatable bonds is 4. The lowest BCUT2D eigenvalue weighted by Crippen LogP contribution is -2.60. The van der Waals surface area contributed by atoms with E-state index < -0.39 is 11.6 Å². The highest BCUT2D eigenvalue weighted by Gasteiger charge is 2.53. The van der Waals surface area contributed by atoms with Gasteiger partial charge in [-0.05, 0) is 55.6 Å². The topological polar surface area (TPSA) is 15.7 Å². The quantitative estimate of drug-likeness (QED) is 0.791. The molecule has 2 bridgehead atoms. The summed E-state index contributed by atoms with van der Waals surface area (Å²) < 4.78 is 33.0. The molecule has 3 nitrogen and oxygen atoms in total. The first-order valence-electron chi connectivity index (χ1n) is 10.2. The lowest BCUT2D eigenvalue weighted by molar-refractivity contribution is -0.00892. The number of methoxy groups -OCH3 is 1. The van der Waals surface area contributed by atoms with Gasteiger partial charge in [0.05, 0.1) is 7.11 Å². The first-order chi connectivity index (χ1) is 13.6. The molecule has 4 fully saturated rings. The van der Waals surface area contributed by atoms with Crippen LogP contribution in [-0.2, 0) is 6.54 Å². The molecule has 148 valence electrons. The summed E-state index contributed by atoms with van der Waals surface area (Å²) in [6.45, 7) is 3.78. The minimum Gasteiger partial charge on any atom is -0.497 e. The third-order valence-electron chi connectivity index (χ3n) is 7.03. The van der Waals surface area contributed by atoms with E-state index in [0.717, 1.165) is 31.5 Å². The largest absolute Gasteiger partial charge is 0.497 e. The summed E-state index contributed by atoms with van der Waals surface area (Å²) in [5.74, 6) is 0.989. The molecular formula is C23H26F2N2O. The summed E-state index contributed by atoms with van der Waals surface area (Å²) in [6, 6.07) is 13.3. The molecule has 0 spiro atoms. The SMILES string of the molecule is COc1ccc([C@@H]2CN(Cc3ccc(F)cc3F)[C@@H]3C4CCN(CC4)[C@@H]32)cc1. The molecule has 0 unspecified atom stereocenters. The van der Waals surface area contributed by atoms with Crippen molar-refractivity contribution in [1.82, 2.24) is 9.80 Å². The predicted octanol–water partition coefficient (Wildman–Crippen LogP) is 4.04. The number of hydrogen-bond donors (Lipinski definition) is 0. The highest BCUT2D eigenvalue weighted by atomic mass is 19.1. The lowest BCUT2D eigenvalue weighted by atomic mass is 9.75. The van der Waals surface area contributed by atoms with E-state index in [2.05, 4.69) is 21.9 Å². The molecule has 28 heavy (non-hydrogen) atoms. The first kappa shape index (κ1) is 18.1. The van der Waals surface area contributed by atoms with Crippen molar-refractivity contribution >= 4 is 0 Å². The van der Waals surface area contributed by atoms with Crippen molar-refractivity contribution < 1.29 is 13.5 Å². The van der Waals surface area contributed by atoms with E-state index in [1.165, 1.54) is 24.5 Å². The van der Waals surface area contributed by atoms with Crippen LogP contribution in [0.15, 0.2) is 42.5 Å². The van der Waals surface area contributed by atoms with Crippen LogP contribution in [0.1, 0.15) is 29.9 Å². The summed E-state index contributed by atoms with van der Waals surface area (Å²) in [5.41, 5.74) is 1.91. The van der Waals surface area contributed by atoms with Crippen LogP contribution in [-0.4, -0.2) is 48.6 Å². The van der Waals surface area contributed by atoms with E-state index >= 15 is 0 Å². The summed E-state index contributed by atoms with van der Waals surface area (Å²) in [6.07, 6.45) is 2.44. The van der Waals surface area contributed by atoms with Crippen molar-refractivity contribution in [3.8, 4) is 5.75 Å². The van der Waals surface area contributed by atoms with Crippen LogP contribution in [0.25, 0.3) is 0 Å². The van der Waals surface area contributed by atoms with Gasteiger partial charge in [-0.1, -0.05) is 18.2 Å². The minimum absolute atomic E-state index is 0.405. The second-order valence-corrected chi connectivity index (χ2v) is 8.40. The Morgan fingerprint density at radius 3 is 2.43 bits per heavy atom. The average molecular weight is 384 g/mol. The fraction of sp³-hybridized carbons (Fsp3) is 0.478. The molecule has 0 aliphatic carbocycles. The van der Waals surface area contributed by atoms with Crippen molar-refractivity contribution in [2.75, 3.05) is 26.7 Å². The van der Waals surface area contributed by atoms with Gasteiger partial charge in [0.25, 0.3) is 0 Å². The Hall–Kier alpha value is -1.98. The molecule has 4 aliphatic rings. The van der Waals surface area contributed by atoms with Gasteiger partial charge in [-0.2, -0.15) is 0 Å². The van der Waals surface area contributed by atoms with Gasteiger partial charge in [0.1, 0.15) is 17.4 Å². The highest BCUT2D eigenvalue weighted by Crippen LogP contribution is 2.47. The molecule has 2 aromatic rings. The van der Waals surface area contributed by atoms with Gasteiger partial charge in [0.15, 0.2) is 0 Å². The Balaban J connectivity index is 1.46. The number of hydrogen-bond acceptors (Lipinski definition) is 3. The molecule has 6 rings (SSSR count). The zero-order valence-electron chi connectivity index (χ0n) is 16.2. The summed E-state index contributed by atoms with van der Waals surface area (Å²) in [7, 11) is 1.69. The molecule has 0 aromatic heterocycles. The van der Waals surface area contributed by atoms with Crippen LogP contribution in [0.2, 0.25) is 0 Å². The van der Waals surface area contributed by atoms with Crippen LogP contribution in [0.4, 0.5) is 8.78 Å². The maximum absolute atomic E-state index is 14.3. The van der Waals surface area contributed by atoms with Crippen molar-refractivity contribution in [2.24, 2.45) is 5.92 Å². The van der Waals surface area contributed by atoms with Gasteiger partial charge >= 0.3 is 0 Å². The zero-order chi connectivity index (χ0) is 19.3. The highest BCUT2D eigenvalue weighted by molar-refractivity contribution is 5.33. The van der Waals surface area contributed by atoms with E-state index in [9.17, 15) is 8.78 Å². The van der Waals surface area contributed by atoms with Crippen LogP contribution in [0.5, 0.6) is 5.75 Å². The van der Waals surface area contributed by atoms with E-state index in [1.807, 2.05) is 12.1 Å². The van der Waals surface area contributed by atoms with E-state index in [4.69, 9.17) is 4.74 Å². The van der Waals surface area contributed by atoms with Crippen molar-refractivity contribution in [1.29, 1.82) is 0 Å². The molecule has 4 heterocycles. The van der Waals surface area contributed by atoms with E-state index in [-0.39, 0.29) is 0 Å². The van der Waals surface area contributed by atoms with Crippen LogP contribution in [0, 0.1) is 17.6 Å². The molecule has 3 atom stereocenters. The fourth-order valence-corrected chi connectivity index (χ4v) is 5.74. The number of ether oxygens (including phenoxy) is 1. The monoisotopic (exact) mass is 384 g/mol. The average Bonchev–Trinajstić information content (AvgIpc) is 3.13. The van der Waals surface area contributed by atoms with Crippen molar-refractivity contribution in [3.05, 3.63) is 65.2 Å². The number of nitrogens with zero attached hydrogens (tertiary/aromatic N) is 2. The second kappa shape index (κ2) is 7.12. The number of piperidine rings is 3. The maximum atomic E-state index is 14.3. The normalized spacial score (nSPS) is 31.8. The van der Waals surface area contributed by atoms with Crippen LogP contribution < -0.4 is 4.74 Å². The van der Waals surface area contributed by atoms with Crippen molar-refractivity contribution in [3.63, 3.8) is 0 Å². The first-order valence-corrected chi connectivity index (χ1v) is 10.2. The van der Waals surface area contributed by atoms with Gasteiger partial charge in [0, 0.05) is 42.7 Å². The van der Waals surface area contributed by atoms with Gasteiger partial charge in [-0.15, -0.1) is 0 Å². The smallest absolute Gasteiger partial charge is 0.130 e. The Morgan fingerprint density at radius 1 is 1.00 bits per heavy atom. The summed E-state index contributed by atoms with van der Waals surface area (Å²) in [5, 5.41) is 0. The molecule has 4 saturated heterocycles. The summed E-state index contributed by atoms with van der Waals surface area (Å²) in [4.78, 5) is 5.09. The standard InChI is InChI=1S/C23H26F2N2O/c1-28-19-6-3-15(4-7-19)20-14-27(13-17-2-5-18(24)12-21(17)25)22-16-8-10-26(11-9-16)23(20)22/h2-7,12,16,20,22-23H,8-11,13-14H2,1H3/t20-,22+,23+/m0/s1. The molecule has 0 N–H and O–H groups in total. The number of likely N-dealkylation sites (tertiary alicyclic amines) is 1. The molecule has 0 radical (unpaired) electrons. The third kappa shape index (κ3) is 3.01. The van der Waals surface area contributed by atoms with Gasteiger partial charge in [-0.25, -0.2) is 8.78 Å². The van der Waals surface area contributed by atoms with E-state index in [0.29, 0.717) is 36.0 Å². The molecule has 4 aliphatic heterocycles.